The molecule has 0 aromatic carbocycles. The first-order valence-corrected chi connectivity index (χ1v) is 12.4. The van der Waals surface area contributed by atoms with Crippen LogP contribution in [-0.4, -0.2) is 81.9 Å². The standard InChI is InChI=1S/C20H24N6O8S2/c1-8(21)15(28)24-20-22-11(7-36-20)13(25-32-4)16(29)23-14-17(30)26-12(5-6-35-18(14)26)19(31)34-10(3)33-9(2)27/h5,7-8,10,14,18H,6,21H2,1-4H3,(H,23,29)(H,22,24,28)/t8-,10?,14?,18+/m0/s1. The normalized spacial score (nSPS) is 20.7. The van der Waals surface area contributed by atoms with Crippen molar-refractivity contribution in [3.05, 3.63) is 22.8 Å². The number of ether oxygens (including phenoxy) is 2. The van der Waals surface area contributed by atoms with Gasteiger partial charge in [-0.15, -0.1) is 23.1 Å². The molecule has 0 aliphatic carbocycles. The Bertz CT molecular complexity index is 1130. The number of thiazole rings is 1. The van der Waals surface area contributed by atoms with Crippen LogP contribution in [0.5, 0.6) is 0 Å². The maximum absolute atomic E-state index is 13.0. The van der Waals surface area contributed by atoms with Gasteiger partial charge in [-0.1, -0.05) is 5.16 Å². The minimum absolute atomic E-state index is 0.00644. The van der Waals surface area contributed by atoms with E-state index >= 15 is 0 Å². The van der Waals surface area contributed by atoms with Crippen molar-refractivity contribution < 1.29 is 38.3 Å². The average molecular weight is 541 g/mol. The molecule has 0 saturated carbocycles. The molecule has 14 nitrogen and oxygen atoms in total. The minimum atomic E-state index is -1.13. The van der Waals surface area contributed by atoms with Crippen molar-refractivity contribution in [3.8, 4) is 0 Å². The highest BCUT2D eigenvalue weighted by Gasteiger charge is 2.53. The van der Waals surface area contributed by atoms with Crippen molar-refractivity contribution in [1.82, 2.24) is 15.2 Å². The van der Waals surface area contributed by atoms with Gasteiger partial charge in [0.05, 0.1) is 6.04 Å². The van der Waals surface area contributed by atoms with E-state index in [-0.39, 0.29) is 22.2 Å². The summed E-state index contributed by atoms with van der Waals surface area (Å²) in [5.41, 5.74) is 5.42. The third kappa shape index (κ3) is 6.00. The molecule has 1 aromatic rings. The van der Waals surface area contributed by atoms with Crippen molar-refractivity contribution in [2.24, 2.45) is 10.9 Å². The molecule has 0 radical (unpaired) electrons. The molecule has 3 rings (SSSR count). The molecule has 36 heavy (non-hydrogen) atoms. The number of nitrogens with two attached hydrogens (primary N) is 1. The lowest BCUT2D eigenvalue weighted by atomic mass is 10.0. The van der Waals surface area contributed by atoms with Crippen LogP contribution >= 0.6 is 23.1 Å². The van der Waals surface area contributed by atoms with Gasteiger partial charge in [-0.3, -0.25) is 24.1 Å². The van der Waals surface area contributed by atoms with Gasteiger partial charge in [0.1, 0.15) is 29.9 Å². The van der Waals surface area contributed by atoms with Gasteiger partial charge < -0.3 is 30.7 Å². The number of anilines is 1. The van der Waals surface area contributed by atoms with E-state index in [0.717, 1.165) is 11.3 Å². The number of esters is 2. The van der Waals surface area contributed by atoms with E-state index in [1.807, 2.05) is 0 Å². The molecule has 1 aromatic heterocycles. The van der Waals surface area contributed by atoms with Gasteiger partial charge in [0.15, 0.2) is 10.8 Å². The number of fused-ring (bicyclic) bond motifs is 1. The monoisotopic (exact) mass is 540 g/mol. The summed E-state index contributed by atoms with van der Waals surface area (Å²) in [5, 5.41) is 9.94. The topological polar surface area (TPSA) is 192 Å². The molecule has 3 amide bonds. The molecular formula is C20H24N6O8S2. The van der Waals surface area contributed by atoms with Crippen molar-refractivity contribution in [1.29, 1.82) is 0 Å². The second-order valence-corrected chi connectivity index (χ2v) is 9.50. The molecule has 4 atom stereocenters. The fourth-order valence-electron chi connectivity index (χ4n) is 3.16. The number of carbonyl (C=O) groups is 5. The summed E-state index contributed by atoms with van der Waals surface area (Å²) in [4.78, 5) is 71.3. The second kappa shape index (κ2) is 11.5. The maximum atomic E-state index is 13.0. The van der Waals surface area contributed by atoms with Crippen LogP contribution in [0.25, 0.3) is 0 Å². The predicted molar refractivity (Wildman–Crippen MR) is 128 cm³/mol. The van der Waals surface area contributed by atoms with Crippen LogP contribution in [0, 0.1) is 0 Å². The van der Waals surface area contributed by atoms with Crippen LogP contribution in [-0.2, 0) is 38.3 Å². The Hall–Kier alpha value is -3.50. The summed E-state index contributed by atoms with van der Waals surface area (Å²) >= 11 is 2.38. The van der Waals surface area contributed by atoms with Gasteiger partial charge in [-0.2, -0.15) is 0 Å². The van der Waals surface area contributed by atoms with Gasteiger partial charge in [-0.25, -0.2) is 9.78 Å². The zero-order valence-electron chi connectivity index (χ0n) is 19.7. The Morgan fingerprint density at radius 2 is 2.00 bits per heavy atom. The van der Waals surface area contributed by atoms with Crippen LogP contribution in [0.2, 0.25) is 0 Å². The second-order valence-electron chi connectivity index (χ2n) is 7.49. The summed E-state index contributed by atoms with van der Waals surface area (Å²) in [6.45, 7) is 4.06. The van der Waals surface area contributed by atoms with Crippen molar-refractivity contribution >= 4 is 63.6 Å². The number of oxime groups is 1. The number of nitrogens with one attached hydrogen (secondary N) is 2. The highest BCUT2D eigenvalue weighted by molar-refractivity contribution is 8.00. The summed E-state index contributed by atoms with van der Waals surface area (Å²) in [6, 6.07) is -1.71. The Balaban J connectivity index is 1.67. The SMILES string of the molecule is CON=C(C(=O)NC1C(=O)N2C(C(=O)OC(C)OC(C)=O)=CCS[C@H]12)c1csc(NC(=O)[C@H](C)N)n1. The van der Waals surface area contributed by atoms with Crippen LogP contribution in [0.3, 0.4) is 0 Å². The number of thioether (sulfide) groups is 1. The first kappa shape index (κ1) is 27.1. The van der Waals surface area contributed by atoms with Crippen molar-refractivity contribution in [2.45, 2.75) is 44.5 Å². The zero-order valence-corrected chi connectivity index (χ0v) is 21.3. The number of nitrogens with zero attached hydrogens (tertiary/aromatic N) is 3. The summed E-state index contributed by atoms with van der Waals surface area (Å²) in [5.74, 6) is -2.82. The van der Waals surface area contributed by atoms with Gasteiger partial charge in [0.25, 0.3) is 11.8 Å². The molecule has 16 heteroatoms. The number of hydrogen-bond donors (Lipinski definition) is 3. The number of amides is 3. The molecule has 0 bridgehead atoms. The van der Waals surface area contributed by atoms with E-state index in [1.165, 1.54) is 56.0 Å². The molecule has 4 N–H and O–H groups in total. The molecule has 1 fully saturated rings. The zero-order chi connectivity index (χ0) is 26.6. The molecule has 2 aliphatic heterocycles. The number of rotatable bonds is 9. The Labute approximate surface area is 213 Å². The van der Waals surface area contributed by atoms with Crippen LogP contribution in [0.15, 0.2) is 22.3 Å². The Morgan fingerprint density at radius 1 is 1.28 bits per heavy atom. The smallest absolute Gasteiger partial charge is 0.357 e. The largest absolute Gasteiger partial charge is 0.426 e. The van der Waals surface area contributed by atoms with E-state index in [2.05, 4.69) is 20.8 Å². The Kier molecular flexibility index (Phi) is 8.65. The molecule has 3 heterocycles. The van der Waals surface area contributed by atoms with Gasteiger partial charge in [0, 0.05) is 25.0 Å². The van der Waals surface area contributed by atoms with Crippen LogP contribution in [0.4, 0.5) is 5.13 Å². The predicted octanol–water partition coefficient (Wildman–Crippen LogP) is -0.485. The first-order chi connectivity index (χ1) is 17.0. The van der Waals surface area contributed by atoms with Crippen LogP contribution in [0.1, 0.15) is 26.5 Å². The molecular weight excluding hydrogens is 516 g/mol. The summed E-state index contributed by atoms with van der Waals surface area (Å²) in [6.07, 6.45) is 0.384. The van der Waals surface area contributed by atoms with E-state index in [4.69, 9.17) is 20.0 Å². The Morgan fingerprint density at radius 3 is 2.64 bits per heavy atom. The van der Waals surface area contributed by atoms with E-state index in [1.54, 1.807) is 0 Å². The minimum Gasteiger partial charge on any atom is -0.426 e. The fraction of sp³-hybridized carbons (Fsp3) is 0.450. The number of aromatic nitrogens is 1. The van der Waals surface area contributed by atoms with Gasteiger partial charge >= 0.3 is 11.9 Å². The third-order valence-electron chi connectivity index (χ3n) is 4.74. The van der Waals surface area contributed by atoms with Crippen molar-refractivity contribution in [3.63, 3.8) is 0 Å². The first-order valence-electron chi connectivity index (χ1n) is 10.5. The summed E-state index contributed by atoms with van der Waals surface area (Å²) < 4.78 is 9.85. The third-order valence-corrected chi connectivity index (χ3v) is 6.68. The summed E-state index contributed by atoms with van der Waals surface area (Å²) in [7, 11) is 1.24. The average Bonchev–Trinajstić information content (AvgIpc) is 3.27. The van der Waals surface area contributed by atoms with E-state index in [9.17, 15) is 24.0 Å². The van der Waals surface area contributed by atoms with E-state index < -0.39 is 53.4 Å². The molecule has 194 valence electrons. The van der Waals surface area contributed by atoms with Gasteiger partial charge in [0.2, 0.25) is 12.2 Å². The van der Waals surface area contributed by atoms with Crippen LogP contribution < -0.4 is 16.4 Å². The molecule has 2 unspecified atom stereocenters. The fourth-order valence-corrected chi connectivity index (χ4v) is 5.06. The number of carbonyl (C=O) groups excluding carboxylic acids is 5. The molecule has 1 saturated heterocycles. The van der Waals surface area contributed by atoms with E-state index in [0.29, 0.717) is 5.75 Å². The molecule has 0 spiro atoms. The maximum Gasteiger partial charge on any atom is 0.357 e. The molecule has 2 aliphatic rings. The lowest BCUT2D eigenvalue weighted by Gasteiger charge is -2.48. The quantitative estimate of drug-likeness (QED) is 0.120. The van der Waals surface area contributed by atoms with Gasteiger partial charge in [-0.05, 0) is 13.0 Å². The lowest BCUT2D eigenvalue weighted by molar-refractivity contribution is -0.182. The highest BCUT2D eigenvalue weighted by atomic mass is 32.2. The number of hydrogen-bond acceptors (Lipinski definition) is 13. The van der Waals surface area contributed by atoms with Crippen molar-refractivity contribution in [2.75, 3.05) is 18.2 Å². The lowest BCUT2D eigenvalue weighted by Crippen LogP contribution is -2.70. The number of β-lactam (4-membered cyclic amide) rings is 1. The highest BCUT2D eigenvalue weighted by Crippen LogP contribution is 2.38.